The zero-order valence-electron chi connectivity index (χ0n) is 14.5. The second-order valence-electron chi connectivity index (χ2n) is 6.18. The Morgan fingerprint density at radius 2 is 1.84 bits per heavy atom. The lowest BCUT2D eigenvalue weighted by molar-refractivity contribution is 0.122. The van der Waals surface area contributed by atoms with E-state index in [0.717, 1.165) is 13.1 Å². The fraction of sp³-hybridized carbons (Fsp3) is 0.533. The fourth-order valence-electron chi connectivity index (χ4n) is 2.63. The largest absolute Gasteiger partial charge is 0.378 e. The van der Waals surface area contributed by atoms with Crippen molar-refractivity contribution in [2.24, 2.45) is 7.05 Å². The average Bonchev–Trinajstić information content (AvgIpc) is 2.99. The van der Waals surface area contributed by atoms with Gasteiger partial charge in [-0.15, -0.1) is 0 Å². The summed E-state index contributed by atoms with van der Waals surface area (Å²) < 4.78 is 34.5. The molecule has 3 rings (SSSR count). The minimum absolute atomic E-state index is 0.0176. The van der Waals surface area contributed by atoms with Crippen LogP contribution in [0.2, 0.25) is 0 Å². The summed E-state index contributed by atoms with van der Waals surface area (Å²) >= 11 is 0. The smallest absolute Gasteiger partial charge is 0.281 e. The third kappa shape index (κ3) is 3.90. The molecule has 2 aromatic rings. The Hall–Kier alpha value is -2.20. The molecular formula is C15H22N6O3S. The van der Waals surface area contributed by atoms with Crippen molar-refractivity contribution >= 4 is 21.7 Å². The van der Waals surface area contributed by atoms with E-state index in [2.05, 4.69) is 19.7 Å². The van der Waals surface area contributed by atoms with Crippen molar-refractivity contribution in [3.63, 3.8) is 0 Å². The summed E-state index contributed by atoms with van der Waals surface area (Å²) in [5.41, 5.74) is 0.300. The Kier molecular flexibility index (Phi) is 4.91. The first-order chi connectivity index (χ1) is 11.9. The van der Waals surface area contributed by atoms with Gasteiger partial charge >= 0.3 is 0 Å². The molecule has 25 heavy (non-hydrogen) atoms. The zero-order valence-corrected chi connectivity index (χ0v) is 15.3. The molecule has 0 aliphatic carbocycles. The van der Waals surface area contributed by atoms with Crippen LogP contribution in [0.15, 0.2) is 23.6 Å². The van der Waals surface area contributed by atoms with Gasteiger partial charge in [0.25, 0.3) is 10.0 Å². The predicted molar refractivity (Wildman–Crippen MR) is 93.2 cm³/mol. The van der Waals surface area contributed by atoms with Crippen LogP contribution in [0.1, 0.15) is 25.6 Å². The number of ether oxygens (including phenoxy) is 1. The Bertz CT molecular complexity index is 825. The van der Waals surface area contributed by atoms with Crippen molar-refractivity contribution < 1.29 is 13.2 Å². The highest BCUT2D eigenvalue weighted by Gasteiger charge is 2.21. The minimum atomic E-state index is -3.78. The molecule has 0 unspecified atom stereocenters. The normalized spacial score (nSPS) is 15.6. The van der Waals surface area contributed by atoms with Gasteiger partial charge in [0.1, 0.15) is 5.82 Å². The maximum Gasteiger partial charge on any atom is 0.281 e. The molecule has 1 aliphatic rings. The molecule has 0 aromatic carbocycles. The van der Waals surface area contributed by atoms with Gasteiger partial charge in [-0.2, -0.15) is 8.42 Å². The maximum absolute atomic E-state index is 12.5. The standard InChI is InChI=1S/C15H22N6O3S/c1-11(2)14-18-13(10-20(14)3)25(22,23)19-12-8-16-15(17-9-12)21-4-6-24-7-5-21/h8-11,19H,4-7H2,1-3H3. The van der Waals surface area contributed by atoms with Crippen LogP contribution in [0.3, 0.4) is 0 Å². The number of morpholine rings is 1. The topological polar surface area (TPSA) is 102 Å². The summed E-state index contributed by atoms with van der Waals surface area (Å²) in [5, 5.41) is -0.0176. The summed E-state index contributed by atoms with van der Waals surface area (Å²) in [6, 6.07) is 0. The van der Waals surface area contributed by atoms with Crippen molar-refractivity contribution in [2.75, 3.05) is 35.9 Å². The van der Waals surface area contributed by atoms with Gasteiger partial charge in [-0.25, -0.2) is 15.0 Å². The third-order valence-corrected chi connectivity index (χ3v) is 5.12. The van der Waals surface area contributed by atoms with Crippen LogP contribution >= 0.6 is 0 Å². The van der Waals surface area contributed by atoms with Gasteiger partial charge in [-0.1, -0.05) is 13.8 Å². The van der Waals surface area contributed by atoms with E-state index in [9.17, 15) is 8.42 Å². The molecule has 0 bridgehead atoms. The highest BCUT2D eigenvalue weighted by molar-refractivity contribution is 7.92. The first-order valence-electron chi connectivity index (χ1n) is 8.07. The SMILES string of the molecule is CC(C)c1nc(S(=O)(=O)Nc2cnc(N3CCOCC3)nc2)cn1C. The molecule has 136 valence electrons. The number of anilines is 2. The molecule has 10 heteroatoms. The second kappa shape index (κ2) is 6.96. The van der Waals surface area contributed by atoms with Crippen LogP contribution < -0.4 is 9.62 Å². The highest BCUT2D eigenvalue weighted by Crippen LogP contribution is 2.19. The van der Waals surface area contributed by atoms with Crippen LogP contribution in [0, 0.1) is 0 Å². The summed E-state index contributed by atoms with van der Waals surface area (Å²) in [6.07, 6.45) is 4.42. The number of aromatic nitrogens is 4. The molecule has 0 saturated carbocycles. The van der Waals surface area contributed by atoms with E-state index in [4.69, 9.17) is 4.74 Å². The maximum atomic E-state index is 12.5. The lowest BCUT2D eigenvalue weighted by Crippen LogP contribution is -2.37. The fourth-order valence-corrected chi connectivity index (χ4v) is 3.66. The first kappa shape index (κ1) is 17.6. The Morgan fingerprint density at radius 3 is 2.40 bits per heavy atom. The number of nitrogens with zero attached hydrogens (tertiary/aromatic N) is 5. The van der Waals surface area contributed by atoms with E-state index in [-0.39, 0.29) is 10.9 Å². The molecule has 1 saturated heterocycles. The van der Waals surface area contributed by atoms with Gasteiger partial charge in [0.2, 0.25) is 5.95 Å². The molecule has 2 aromatic heterocycles. The Morgan fingerprint density at radius 1 is 1.20 bits per heavy atom. The van der Waals surface area contributed by atoms with Crippen molar-refractivity contribution in [1.82, 2.24) is 19.5 Å². The zero-order chi connectivity index (χ0) is 18.0. The lowest BCUT2D eigenvalue weighted by atomic mass is 10.2. The molecule has 9 nitrogen and oxygen atoms in total. The molecule has 0 atom stereocenters. The third-order valence-electron chi connectivity index (χ3n) is 3.87. The van der Waals surface area contributed by atoms with Crippen LogP contribution in [0.5, 0.6) is 0 Å². The van der Waals surface area contributed by atoms with Gasteiger partial charge in [0, 0.05) is 32.3 Å². The van der Waals surface area contributed by atoms with Gasteiger partial charge in [0.05, 0.1) is 31.3 Å². The number of imidazole rings is 1. The molecule has 1 aliphatic heterocycles. The van der Waals surface area contributed by atoms with Crippen LogP contribution in [0.4, 0.5) is 11.6 Å². The Labute approximate surface area is 147 Å². The van der Waals surface area contributed by atoms with Crippen LogP contribution in [-0.4, -0.2) is 54.2 Å². The molecule has 3 heterocycles. The minimum Gasteiger partial charge on any atom is -0.378 e. The summed E-state index contributed by atoms with van der Waals surface area (Å²) in [7, 11) is -2.00. The van der Waals surface area contributed by atoms with E-state index in [1.165, 1.54) is 18.6 Å². The van der Waals surface area contributed by atoms with Crippen molar-refractivity contribution in [2.45, 2.75) is 24.8 Å². The quantitative estimate of drug-likeness (QED) is 0.841. The number of hydrogen-bond acceptors (Lipinski definition) is 7. The van der Waals surface area contributed by atoms with Crippen LogP contribution in [-0.2, 0) is 21.8 Å². The number of hydrogen-bond donors (Lipinski definition) is 1. The Balaban J connectivity index is 1.75. The number of sulfonamides is 1. The van der Waals surface area contributed by atoms with E-state index in [0.29, 0.717) is 30.7 Å². The van der Waals surface area contributed by atoms with Gasteiger partial charge < -0.3 is 14.2 Å². The summed E-state index contributed by atoms with van der Waals surface area (Å²) in [5.74, 6) is 1.40. The second-order valence-corrected chi connectivity index (χ2v) is 7.81. The van der Waals surface area contributed by atoms with E-state index in [1.54, 1.807) is 11.6 Å². The van der Waals surface area contributed by atoms with Gasteiger partial charge in [-0.3, -0.25) is 4.72 Å². The number of aryl methyl sites for hydroxylation is 1. The van der Waals surface area contributed by atoms with Gasteiger partial charge in [0.15, 0.2) is 5.03 Å². The van der Waals surface area contributed by atoms with Crippen molar-refractivity contribution in [1.29, 1.82) is 0 Å². The lowest BCUT2D eigenvalue weighted by Gasteiger charge is -2.26. The molecule has 0 radical (unpaired) electrons. The van der Waals surface area contributed by atoms with E-state index < -0.39 is 10.0 Å². The molecule has 0 amide bonds. The summed E-state index contributed by atoms with van der Waals surface area (Å²) in [6.45, 7) is 6.63. The molecule has 0 spiro atoms. The van der Waals surface area contributed by atoms with Gasteiger partial charge in [-0.05, 0) is 0 Å². The molecule has 1 fully saturated rings. The summed E-state index contributed by atoms with van der Waals surface area (Å²) in [4.78, 5) is 14.7. The highest BCUT2D eigenvalue weighted by atomic mass is 32.2. The van der Waals surface area contributed by atoms with Crippen molar-refractivity contribution in [3.8, 4) is 0 Å². The van der Waals surface area contributed by atoms with Crippen LogP contribution in [0.25, 0.3) is 0 Å². The average molecular weight is 366 g/mol. The molecule has 1 N–H and O–H groups in total. The van der Waals surface area contributed by atoms with E-state index in [1.807, 2.05) is 18.7 Å². The molecular weight excluding hydrogens is 344 g/mol. The first-order valence-corrected chi connectivity index (χ1v) is 9.56. The number of rotatable bonds is 5. The van der Waals surface area contributed by atoms with Crippen molar-refractivity contribution in [3.05, 3.63) is 24.4 Å². The number of nitrogens with one attached hydrogen (secondary N) is 1. The monoisotopic (exact) mass is 366 g/mol. The predicted octanol–water partition coefficient (Wildman–Crippen LogP) is 0.971. The van der Waals surface area contributed by atoms with E-state index >= 15 is 0 Å².